The van der Waals surface area contributed by atoms with E-state index in [4.69, 9.17) is 23.2 Å². The van der Waals surface area contributed by atoms with Crippen molar-refractivity contribution in [1.82, 2.24) is 5.32 Å². The highest BCUT2D eigenvalue weighted by Gasteiger charge is 2.18. The average molecular weight is 391 g/mol. The lowest BCUT2D eigenvalue weighted by molar-refractivity contribution is 0.539. The van der Waals surface area contributed by atoms with Gasteiger partial charge in [-0.25, -0.2) is 4.39 Å². The number of nitrogens with one attached hydrogen (secondary N) is 1. The third kappa shape index (κ3) is 3.98. The van der Waals surface area contributed by atoms with Crippen LogP contribution in [-0.4, -0.2) is 6.54 Å². The molecular weight excluding hydrogens is 376 g/mol. The predicted octanol–water partition coefficient (Wildman–Crippen LogP) is 5.79. The summed E-state index contributed by atoms with van der Waals surface area (Å²) in [5, 5.41) is 4.44. The van der Waals surface area contributed by atoms with Crippen LogP contribution in [-0.2, 0) is 6.42 Å². The van der Waals surface area contributed by atoms with Crippen molar-refractivity contribution < 1.29 is 4.39 Å². The molecule has 0 bridgehead atoms. The molecule has 0 spiro atoms. The monoisotopic (exact) mass is 389 g/mol. The molecule has 0 saturated carbocycles. The molecule has 0 radical (unpaired) electrons. The van der Waals surface area contributed by atoms with Crippen LogP contribution in [0, 0.1) is 5.82 Å². The molecule has 0 aliphatic carbocycles. The maximum atomic E-state index is 13.7. The molecule has 0 amide bonds. The van der Waals surface area contributed by atoms with Crippen LogP contribution in [0.4, 0.5) is 4.39 Å². The zero-order valence-corrected chi connectivity index (χ0v) is 14.6. The second-order valence-corrected chi connectivity index (χ2v) is 6.25. The summed E-state index contributed by atoms with van der Waals surface area (Å²) in [6, 6.07) is 10.6. The summed E-state index contributed by atoms with van der Waals surface area (Å²) in [6.07, 6.45) is 0.634. The van der Waals surface area contributed by atoms with E-state index >= 15 is 0 Å². The lowest BCUT2D eigenvalue weighted by atomic mass is 9.98. The fraction of sp³-hybridized carbons (Fsp3) is 0.250. The van der Waals surface area contributed by atoms with Gasteiger partial charge in [0.25, 0.3) is 0 Å². The third-order valence-corrected chi connectivity index (χ3v) is 4.96. The van der Waals surface area contributed by atoms with Crippen molar-refractivity contribution >= 4 is 39.1 Å². The number of halogens is 4. The van der Waals surface area contributed by atoms with Crippen molar-refractivity contribution in [2.24, 2.45) is 0 Å². The van der Waals surface area contributed by atoms with Crippen molar-refractivity contribution in [2.75, 3.05) is 6.54 Å². The van der Waals surface area contributed by atoms with Gasteiger partial charge in [0, 0.05) is 6.04 Å². The normalized spacial score (nSPS) is 12.4. The van der Waals surface area contributed by atoms with Gasteiger partial charge in [0.2, 0.25) is 0 Å². The molecular formula is C16H15BrCl2FN. The van der Waals surface area contributed by atoms with E-state index in [1.54, 1.807) is 12.1 Å². The Morgan fingerprint density at radius 2 is 1.90 bits per heavy atom. The molecule has 21 heavy (non-hydrogen) atoms. The Bertz CT molecular complexity index is 634. The maximum Gasteiger partial charge on any atom is 0.137 e. The van der Waals surface area contributed by atoms with Crippen LogP contribution in [0.25, 0.3) is 0 Å². The molecule has 2 aromatic rings. The van der Waals surface area contributed by atoms with Crippen LogP contribution in [0.2, 0.25) is 10.0 Å². The van der Waals surface area contributed by atoms with E-state index < -0.39 is 0 Å². The quantitative estimate of drug-likeness (QED) is 0.681. The van der Waals surface area contributed by atoms with Crippen LogP contribution in [0.5, 0.6) is 0 Å². The van der Waals surface area contributed by atoms with Crippen LogP contribution in [0.1, 0.15) is 24.1 Å². The van der Waals surface area contributed by atoms with E-state index in [1.807, 2.05) is 25.1 Å². The fourth-order valence-electron chi connectivity index (χ4n) is 2.25. The number of hydrogen-bond acceptors (Lipinski definition) is 1. The van der Waals surface area contributed by atoms with E-state index in [-0.39, 0.29) is 11.9 Å². The third-order valence-electron chi connectivity index (χ3n) is 3.26. The van der Waals surface area contributed by atoms with Crippen LogP contribution in [0.15, 0.2) is 40.9 Å². The standard InChI is InChI=1S/C16H15BrCl2FN/c1-2-21-14(11-6-4-8-13(20)15(11)17)9-10-5-3-7-12(18)16(10)19/h3-8,14,21H,2,9H2,1H3. The van der Waals surface area contributed by atoms with E-state index in [0.717, 1.165) is 17.7 Å². The zero-order chi connectivity index (χ0) is 15.4. The Balaban J connectivity index is 2.35. The Labute approximate surface area is 142 Å². The average Bonchev–Trinajstić information content (AvgIpc) is 2.46. The fourth-order valence-corrected chi connectivity index (χ4v) is 3.19. The molecule has 1 unspecified atom stereocenters. The Kier molecular flexibility index (Phi) is 6.06. The first-order valence-corrected chi connectivity index (χ1v) is 8.19. The molecule has 0 heterocycles. The highest BCUT2D eigenvalue weighted by Crippen LogP contribution is 2.32. The minimum Gasteiger partial charge on any atom is -0.310 e. The van der Waals surface area contributed by atoms with Crippen LogP contribution < -0.4 is 5.32 Å². The molecule has 112 valence electrons. The van der Waals surface area contributed by atoms with Gasteiger partial charge in [0.15, 0.2) is 0 Å². The van der Waals surface area contributed by atoms with Gasteiger partial charge in [-0.05, 0) is 52.2 Å². The summed E-state index contributed by atoms with van der Waals surface area (Å²) in [7, 11) is 0. The second-order valence-electron chi connectivity index (χ2n) is 4.67. The topological polar surface area (TPSA) is 12.0 Å². The van der Waals surface area contributed by atoms with Gasteiger partial charge in [0.05, 0.1) is 14.5 Å². The largest absolute Gasteiger partial charge is 0.310 e. The molecule has 1 nitrogen and oxygen atoms in total. The van der Waals surface area contributed by atoms with Crippen molar-refractivity contribution in [2.45, 2.75) is 19.4 Å². The molecule has 0 saturated heterocycles. The number of benzene rings is 2. The summed E-state index contributed by atoms with van der Waals surface area (Å²) in [4.78, 5) is 0. The van der Waals surface area contributed by atoms with Crippen LogP contribution in [0.3, 0.4) is 0 Å². The Hall–Kier alpha value is -0.610. The molecule has 0 aromatic heterocycles. The van der Waals surface area contributed by atoms with Crippen molar-refractivity contribution in [3.63, 3.8) is 0 Å². The highest BCUT2D eigenvalue weighted by atomic mass is 79.9. The zero-order valence-electron chi connectivity index (χ0n) is 11.5. The lowest BCUT2D eigenvalue weighted by Gasteiger charge is -2.21. The van der Waals surface area contributed by atoms with E-state index in [1.165, 1.54) is 6.07 Å². The van der Waals surface area contributed by atoms with E-state index in [0.29, 0.717) is 20.9 Å². The summed E-state index contributed by atoms with van der Waals surface area (Å²) in [5.41, 5.74) is 1.80. The van der Waals surface area contributed by atoms with Gasteiger partial charge in [-0.1, -0.05) is 54.4 Å². The first-order valence-electron chi connectivity index (χ1n) is 6.64. The Morgan fingerprint density at radius 3 is 2.62 bits per heavy atom. The van der Waals surface area contributed by atoms with Crippen molar-refractivity contribution in [1.29, 1.82) is 0 Å². The number of rotatable bonds is 5. The summed E-state index contributed by atoms with van der Waals surface area (Å²) in [5.74, 6) is -0.271. The number of hydrogen-bond donors (Lipinski definition) is 1. The van der Waals surface area contributed by atoms with Gasteiger partial charge in [-0.3, -0.25) is 0 Å². The number of likely N-dealkylation sites (N-methyl/N-ethyl adjacent to an activating group) is 1. The molecule has 0 aliphatic rings. The smallest absolute Gasteiger partial charge is 0.137 e. The van der Waals surface area contributed by atoms with Crippen LogP contribution >= 0.6 is 39.1 Å². The van der Waals surface area contributed by atoms with Gasteiger partial charge in [0.1, 0.15) is 5.82 Å². The maximum absolute atomic E-state index is 13.7. The van der Waals surface area contributed by atoms with Crippen molar-refractivity contribution in [3.05, 3.63) is 67.9 Å². The lowest BCUT2D eigenvalue weighted by Crippen LogP contribution is -2.23. The van der Waals surface area contributed by atoms with E-state index in [2.05, 4.69) is 21.2 Å². The minimum absolute atomic E-state index is 0.0453. The first kappa shape index (κ1) is 16.8. The van der Waals surface area contributed by atoms with Gasteiger partial charge < -0.3 is 5.32 Å². The predicted molar refractivity (Wildman–Crippen MR) is 90.7 cm³/mol. The molecule has 0 fully saturated rings. The molecule has 0 aliphatic heterocycles. The summed E-state index contributed by atoms with van der Waals surface area (Å²) < 4.78 is 14.2. The highest BCUT2D eigenvalue weighted by molar-refractivity contribution is 9.10. The molecule has 2 rings (SSSR count). The Morgan fingerprint density at radius 1 is 1.19 bits per heavy atom. The minimum atomic E-state index is -0.271. The van der Waals surface area contributed by atoms with Gasteiger partial charge in [-0.15, -0.1) is 0 Å². The molecule has 1 atom stereocenters. The molecule has 2 aromatic carbocycles. The first-order chi connectivity index (χ1) is 10.0. The summed E-state index contributed by atoms with van der Waals surface area (Å²) >= 11 is 15.6. The van der Waals surface area contributed by atoms with Crippen molar-refractivity contribution in [3.8, 4) is 0 Å². The molecule has 1 N–H and O–H groups in total. The van der Waals surface area contributed by atoms with Gasteiger partial charge >= 0.3 is 0 Å². The van der Waals surface area contributed by atoms with Gasteiger partial charge in [-0.2, -0.15) is 0 Å². The van der Waals surface area contributed by atoms with E-state index in [9.17, 15) is 4.39 Å². The molecule has 5 heteroatoms. The summed E-state index contributed by atoms with van der Waals surface area (Å²) in [6.45, 7) is 2.78. The SMILES string of the molecule is CCNC(Cc1cccc(Cl)c1Cl)c1cccc(F)c1Br. The second kappa shape index (κ2) is 7.59.